The average Bonchev–Trinajstić information content (AvgIpc) is 2.73. The fourth-order valence-corrected chi connectivity index (χ4v) is 1.47. The van der Waals surface area contributed by atoms with Gasteiger partial charge in [-0.2, -0.15) is 0 Å². The van der Waals surface area contributed by atoms with E-state index in [9.17, 15) is 4.79 Å². The van der Waals surface area contributed by atoms with E-state index in [1.165, 1.54) is 0 Å². The normalized spacial score (nSPS) is 20.1. The first-order chi connectivity index (χ1) is 6.66. The molecule has 14 heavy (non-hydrogen) atoms. The molecule has 0 aromatic rings. The van der Waals surface area contributed by atoms with E-state index in [1.54, 1.807) is 22.2 Å². The van der Waals surface area contributed by atoms with Gasteiger partial charge in [0.15, 0.2) is 0 Å². The lowest BCUT2D eigenvalue weighted by molar-refractivity contribution is 0.172. The maximum absolute atomic E-state index is 11.8. The van der Waals surface area contributed by atoms with E-state index in [-0.39, 0.29) is 6.03 Å². The number of carbonyl (C=O) groups excluding carboxylic acids is 1. The molecule has 0 radical (unpaired) electrons. The second-order valence-corrected chi connectivity index (χ2v) is 3.62. The van der Waals surface area contributed by atoms with Crippen molar-refractivity contribution in [2.75, 3.05) is 27.4 Å². The van der Waals surface area contributed by atoms with Gasteiger partial charge in [0.05, 0.1) is 13.3 Å². The molecule has 76 valence electrons. The highest BCUT2D eigenvalue weighted by Gasteiger charge is 2.23. The first kappa shape index (κ1) is 8.93. The van der Waals surface area contributed by atoms with Crippen LogP contribution in [-0.2, 0) is 0 Å². The topological polar surface area (TPSA) is 30.0 Å². The van der Waals surface area contributed by atoms with Crippen molar-refractivity contribution >= 4 is 6.03 Å². The summed E-state index contributed by atoms with van der Waals surface area (Å²) >= 11 is 0. The summed E-state index contributed by atoms with van der Waals surface area (Å²) in [6, 6.07) is 0.0196. The molecule has 5 heteroatoms. The van der Waals surface area contributed by atoms with Crippen molar-refractivity contribution in [3.8, 4) is 0 Å². The highest BCUT2D eigenvalue weighted by atomic mass is 16.2. The van der Waals surface area contributed by atoms with Crippen LogP contribution in [0, 0.1) is 0 Å². The maximum Gasteiger partial charge on any atom is 0.331 e. The Hall–Kier alpha value is -1.65. The van der Waals surface area contributed by atoms with Crippen LogP contribution in [0.15, 0.2) is 24.8 Å². The van der Waals surface area contributed by atoms with E-state index in [2.05, 4.69) is 0 Å². The Morgan fingerprint density at radius 1 is 0.929 bits per heavy atom. The zero-order valence-electron chi connectivity index (χ0n) is 8.42. The van der Waals surface area contributed by atoms with Gasteiger partial charge in [-0.1, -0.05) is 0 Å². The van der Waals surface area contributed by atoms with Crippen molar-refractivity contribution in [3.63, 3.8) is 0 Å². The van der Waals surface area contributed by atoms with E-state index in [1.807, 2.05) is 36.3 Å². The lowest BCUT2D eigenvalue weighted by Crippen LogP contribution is -2.39. The van der Waals surface area contributed by atoms with Gasteiger partial charge in [-0.15, -0.1) is 0 Å². The van der Waals surface area contributed by atoms with Crippen molar-refractivity contribution < 1.29 is 4.79 Å². The molecule has 0 saturated carbocycles. The molecule has 2 rings (SSSR count). The van der Waals surface area contributed by atoms with E-state index in [4.69, 9.17) is 0 Å². The molecule has 0 fully saturated rings. The number of hydrogen-bond donors (Lipinski definition) is 0. The molecule has 2 aliphatic rings. The molecular formula is C9H14N4O. The predicted octanol–water partition coefficient (Wildman–Crippen LogP) is 0.459. The standard InChI is InChI=1S/C9H14N4O/c1-10-3-5-12(7-10)9(14)13-6-4-11(2)8-13/h3-6H,7-8H2,1-2H3. The summed E-state index contributed by atoms with van der Waals surface area (Å²) < 4.78 is 0. The van der Waals surface area contributed by atoms with Crippen LogP contribution >= 0.6 is 0 Å². The number of rotatable bonds is 0. The molecule has 2 amide bonds. The van der Waals surface area contributed by atoms with Crippen LogP contribution in [0.5, 0.6) is 0 Å². The highest BCUT2D eigenvalue weighted by molar-refractivity contribution is 5.77. The number of amides is 2. The van der Waals surface area contributed by atoms with Gasteiger partial charge < -0.3 is 9.80 Å². The molecule has 2 heterocycles. The maximum atomic E-state index is 11.8. The van der Waals surface area contributed by atoms with Crippen molar-refractivity contribution in [2.24, 2.45) is 0 Å². The van der Waals surface area contributed by atoms with Gasteiger partial charge in [-0.25, -0.2) is 4.79 Å². The third-order valence-electron chi connectivity index (χ3n) is 2.24. The fraction of sp³-hybridized carbons (Fsp3) is 0.444. The van der Waals surface area contributed by atoms with Crippen molar-refractivity contribution in [1.82, 2.24) is 19.6 Å². The van der Waals surface area contributed by atoms with Crippen molar-refractivity contribution in [1.29, 1.82) is 0 Å². The Balaban J connectivity index is 1.97. The van der Waals surface area contributed by atoms with Gasteiger partial charge in [-0.3, -0.25) is 9.80 Å². The van der Waals surface area contributed by atoms with Crippen LogP contribution in [0.25, 0.3) is 0 Å². The quantitative estimate of drug-likeness (QED) is 0.561. The van der Waals surface area contributed by atoms with E-state index in [0.29, 0.717) is 13.3 Å². The Morgan fingerprint density at radius 2 is 1.36 bits per heavy atom. The largest absolute Gasteiger partial charge is 0.361 e. The Kier molecular flexibility index (Phi) is 2.07. The summed E-state index contributed by atoms with van der Waals surface area (Å²) in [6.07, 6.45) is 7.38. The minimum atomic E-state index is 0.0196. The van der Waals surface area contributed by atoms with Crippen LogP contribution in [0.4, 0.5) is 4.79 Å². The molecular weight excluding hydrogens is 180 g/mol. The van der Waals surface area contributed by atoms with E-state index < -0.39 is 0 Å². The van der Waals surface area contributed by atoms with Gasteiger partial charge in [0, 0.05) is 38.9 Å². The van der Waals surface area contributed by atoms with Crippen LogP contribution in [0.2, 0.25) is 0 Å². The first-order valence-corrected chi connectivity index (χ1v) is 4.51. The van der Waals surface area contributed by atoms with Crippen LogP contribution in [0.3, 0.4) is 0 Å². The van der Waals surface area contributed by atoms with Gasteiger partial charge in [0.1, 0.15) is 0 Å². The number of nitrogens with zero attached hydrogens (tertiary/aromatic N) is 4. The van der Waals surface area contributed by atoms with E-state index >= 15 is 0 Å². The van der Waals surface area contributed by atoms with Crippen molar-refractivity contribution in [3.05, 3.63) is 24.8 Å². The lowest BCUT2D eigenvalue weighted by Gasteiger charge is -2.22. The Bertz CT molecular complexity index is 271. The fourth-order valence-electron chi connectivity index (χ4n) is 1.47. The Labute approximate surface area is 83.5 Å². The molecule has 0 unspecified atom stereocenters. The third-order valence-corrected chi connectivity index (χ3v) is 2.24. The van der Waals surface area contributed by atoms with Gasteiger partial charge in [0.25, 0.3) is 0 Å². The summed E-state index contributed by atoms with van der Waals surface area (Å²) in [5.74, 6) is 0. The number of urea groups is 1. The van der Waals surface area contributed by atoms with Crippen LogP contribution in [-0.4, -0.2) is 53.1 Å². The molecule has 0 bridgehead atoms. The molecule has 0 saturated heterocycles. The van der Waals surface area contributed by atoms with Crippen LogP contribution in [0.1, 0.15) is 0 Å². The summed E-state index contributed by atoms with van der Waals surface area (Å²) in [5, 5.41) is 0. The zero-order valence-corrected chi connectivity index (χ0v) is 8.42. The van der Waals surface area contributed by atoms with E-state index in [0.717, 1.165) is 0 Å². The molecule has 0 N–H and O–H groups in total. The third kappa shape index (κ3) is 1.53. The predicted molar refractivity (Wildman–Crippen MR) is 52.6 cm³/mol. The van der Waals surface area contributed by atoms with Gasteiger partial charge >= 0.3 is 6.03 Å². The smallest absolute Gasteiger partial charge is 0.331 e. The minimum absolute atomic E-state index is 0.0196. The van der Waals surface area contributed by atoms with Gasteiger partial charge in [0.2, 0.25) is 0 Å². The average molecular weight is 194 g/mol. The highest BCUT2D eigenvalue weighted by Crippen LogP contribution is 2.11. The van der Waals surface area contributed by atoms with Gasteiger partial charge in [-0.05, 0) is 0 Å². The molecule has 0 aromatic heterocycles. The molecule has 0 aliphatic carbocycles. The summed E-state index contributed by atoms with van der Waals surface area (Å²) in [6.45, 7) is 1.26. The summed E-state index contributed by atoms with van der Waals surface area (Å²) in [4.78, 5) is 19.1. The SMILES string of the molecule is CN1C=CN(C(=O)N2C=CN(C)C2)C1. The summed E-state index contributed by atoms with van der Waals surface area (Å²) in [5.41, 5.74) is 0. The molecule has 0 atom stereocenters. The minimum Gasteiger partial charge on any atom is -0.361 e. The molecule has 0 spiro atoms. The molecule has 5 nitrogen and oxygen atoms in total. The van der Waals surface area contributed by atoms with Crippen LogP contribution < -0.4 is 0 Å². The number of hydrogen-bond acceptors (Lipinski definition) is 3. The second kappa shape index (κ2) is 3.25. The number of carbonyl (C=O) groups is 1. The lowest BCUT2D eigenvalue weighted by atomic mass is 10.6. The van der Waals surface area contributed by atoms with Crippen molar-refractivity contribution in [2.45, 2.75) is 0 Å². The summed E-state index contributed by atoms with van der Waals surface area (Å²) in [7, 11) is 3.88. The monoisotopic (exact) mass is 194 g/mol. The first-order valence-electron chi connectivity index (χ1n) is 4.51. The molecule has 0 aromatic carbocycles. The second-order valence-electron chi connectivity index (χ2n) is 3.62. The molecule has 2 aliphatic heterocycles. The zero-order chi connectivity index (χ0) is 10.1. The Morgan fingerprint density at radius 3 is 1.64 bits per heavy atom.